The van der Waals surface area contributed by atoms with E-state index in [1.54, 1.807) is 6.20 Å². The zero-order valence-electron chi connectivity index (χ0n) is 16.6. The number of benzene rings is 2. The molecule has 0 aliphatic heterocycles. The van der Waals surface area contributed by atoms with Crippen molar-refractivity contribution >= 4 is 17.3 Å². The summed E-state index contributed by atoms with van der Waals surface area (Å²) in [6.45, 7) is 4.83. The van der Waals surface area contributed by atoms with Crippen LogP contribution in [0.25, 0.3) is 11.4 Å². The van der Waals surface area contributed by atoms with E-state index in [9.17, 15) is 0 Å². The first-order valence-electron chi connectivity index (χ1n) is 9.59. The fourth-order valence-electron chi connectivity index (χ4n) is 3.15. The van der Waals surface area contributed by atoms with Gasteiger partial charge in [-0.05, 0) is 36.6 Å². The molecule has 2 heterocycles. The van der Waals surface area contributed by atoms with E-state index in [-0.39, 0.29) is 0 Å². The Hall–Kier alpha value is -3.73. The summed E-state index contributed by atoms with van der Waals surface area (Å²) >= 11 is 0. The topological polar surface area (TPSA) is 62.7 Å². The Labute approximate surface area is 170 Å². The summed E-state index contributed by atoms with van der Waals surface area (Å²) in [4.78, 5) is 13.7. The van der Waals surface area contributed by atoms with Crippen molar-refractivity contribution in [2.45, 2.75) is 20.4 Å². The zero-order chi connectivity index (χ0) is 20.1. The maximum Gasteiger partial charge on any atom is 0.163 e. The minimum absolute atomic E-state index is 0.641. The lowest BCUT2D eigenvalue weighted by Gasteiger charge is -2.14. The summed E-state index contributed by atoms with van der Waals surface area (Å²) in [6, 6.07) is 22.2. The highest BCUT2D eigenvalue weighted by Gasteiger charge is 2.09. The molecule has 0 saturated heterocycles. The first kappa shape index (κ1) is 18.6. The molecule has 4 aromatic rings. The second-order valence-corrected chi connectivity index (χ2v) is 6.93. The molecule has 0 unspecified atom stereocenters. The van der Waals surface area contributed by atoms with Crippen LogP contribution in [-0.2, 0) is 6.54 Å². The van der Waals surface area contributed by atoms with Crippen LogP contribution >= 0.6 is 0 Å². The molecule has 0 saturated carbocycles. The van der Waals surface area contributed by atoms with Gasteiger partial charge in [0, 0.05) is 36.3 Å². The molecule has 0 bridgehead atoms. The number of aryl methyl sites for hydroxylation is 2. The molecule has 2 aromatic carbocycles. The van der Waals surface area contributed by atoms with Gasteiger partial charge in [0.1, 0.15) is 11.6 Å². The first-order chi connectivity index (χ1) is 14.2. The molecule has 4 rings (SSSR count). The van der Waals surface area contributed by atoms with Crippen molar-refractivity contribution in [2.24, 2.45) is 0 Å². The van der Waals surface area contributed by atoms with Gasteiger partial charge in [0.15, 0.2) is 5.82 Å². The lowest BCUT2D eigenvalue weighted by molar-refractivity contribution is 1.07. The summed E-state index contributed by atoms with van der Waals surface area (Å²) in [5.74, 6) is 2.19. The maximum absolute atomic E-state index is 4.76. The van der Waals surface area contributed by atoms with E-state index in [0.717, 1.165) is 28.5 Å². The summed E-state index contributed by atoms with van der Waals surface area (Å²) < 4.78 is 0. The molecule has 0 atom stereocenters. The highest BCUT2D eigenvalue weighted by molar-refractivity contribution is 5.68. The molecule has 0 spiro atoms. The van der Waals surface area contributed by atoms with Gasteiger partial charge in [0.05, 0.1) is 0 Å². The predicted molar refractivity (Wildman–Crippen MR) is 118 cm³/mol. The number of rotatable bonds is 6. The quantitative estimate of drug-likeness (QED) is 0.461. The minimum Gasteiger partial charge on any atom is -0.366 e. The molecule has 0 radical (unpaired) electrons. The average Bonchev–Trinajstić information content (AvgIpc) is 2.76. The van der Waals surface area contributed by atoms with Gasteiger partial charge in [-0.2, -0.15) is 0 Å². The number of hydrogen-bond donors (Lipinski definition) is 2. The molecule has 2 N–H and O–H groups in total. The van der Waals surface area contributed by atoms with Gasteiger partial charge in [-0.25, -0.2) is 9.97 Å². The smallest absolute Gasteiger partial charge is 0.163 e. The van der Waals surface area contributed by atoms with Crippen molar-refractivity contribution in [3.05, 3.63) is 95.8 Å². The van der Waals surface area contributed by atoms with Crippen LogP contribution in [0.2, 0.25) is 0 Å². The third-order valence-corrected chi connectivity index (χ3v) is 4.69. The molecule has 5 nitrogen and oxygen atoms in total. The lowest BCUT2D eigenvalue weighted by Crippen LogP contribution is -2.06. The van der Waals surface area contributed by atoms with Gasteiger partial charge in [-0.15, -0.1) is 0 Å². The average molecular weight is 381 g/mol. The van der Waals surface area contributed by atoms with Crippen LogP contribution in [0.15, 0.2) is 79.1 Å². The normalized spacial score (nSPS) is 10.6. The Morgan fingerprint density at radius 3 is 2.28 bits per heavy atom. The van der Waals surface area contributed by atoms with Crippen LogP contribution in [0.3, 0.4) is 0 Å². The Bertz CT molecular complexity index is 1070. The largest absolute Gasteiger partial charge is 0.366 e. The fourth-order valence-corrected chi connectivity index (χ4v) is 3.15. The molecule has 0 fully saturated rings. The summed E-state index contributed by atoms with van der Waals surface area (Å²) in [7, 11) is 0. The Balaban J connectivity index is 1.68. The van der Waals surface area contributed by atoms with Gasteiger partial charge in [-0.3, -0.25) is 4.98 Å². The monoisotopic (exact) mass is 381 g/mol. The molecule has 5 heteroatoms. The number of hydrogen-bond acceptors (Lipinski definition) is 5. The van der Waals surface area contributed by atoms with E-state index in [0.29, 0.717) is 12.4 Å². The molecule has 144 valence electrons. The highest BCUT2D eigenvalue weighted by Crippen LogP contribution is 2.26. The van der Waals surface area contributed by atoms with Crippen molar-refractivity contribution in [1.29, 1.82) is 0 Å². The Morgan fingerprint density at radius 1 is 0.793 bits per heavy atom. The van der Waals surface area contributed by atoms with E-state index in [2.05, 4.69) is 47.7 Å². The van der Waals surface area contributed by atoms with Crippen molar-refractivity contribution in [1.82, 2.24) is 15.0 Å². The van der Waals surface area contributed by atoms with Crippen molar-refractivity contribution in [3.63, 3.8) is 0 Å². The molecule has 2 aromatic heterocycles. The van der Waals surface area contributed by atoms with Crippen LogP contribution in [0.4, 0.5) is 17.3 Å². The SMILES string of the molecule is Cc1cccc(C)c1Nc1cc(NCc2cccnc2)nc(-c2ccccc2)n1. The summed E-state index contributed by atoms with van der Waals surface area (Å²) in [5.41, 5.74) is 5.49. The van der Waals surface area contributed by atoms with E-state index in [1.165, 1.54) is 11.1 Å². The van der Waals surface area contributed by atoms with E-state index in [4.69, 9.17) is 9.97 Å². The first-order valence-corrected chi connectivity index (χ1v) is 9.59. The van der Waals surface area contributed by atoms with Crippen LogP contribution in [0.5, 0.6) is 0 Å². The third-order valence-electron chi connectivity index (χ3n) is 4.69. The third kappa shape index (κ3) is 4.58. The van der Waals surface area contributed by atoms with E-state index in [1.807, 2.05) is 54.7 Å². The molecule has 0 aliphatic rings. The number of para-hydroxylation sites is 1. The van der Waals surface area contributed by atoms with Crippen molar-refractivity contribution < 1.29 is 0 Å². The Morgan fingerprint density at radius 2 is 1.55 bits per heavy atom. The summed E-state index contributed by atoms with van der Waals surface area (Å²) in [6.07, 6.45) is 3.62. The van der Waals surface area contributed by atoms with E-state index >= 15 is 0 Å². The second kappa shape index (κ2) is 8.52. The van der Waals surface area contributed by atoms with Gasteiger partial charge >= 0.3 is 0 Å². The summed E-state index contributed by atoms with van der Waals surface area (Å²) in [5, 5.41) is 6.88. The van der Waals surface area contributed by atoms with E-state index < -0.39 is 0 Å². The Kier molecular flexibility index (Phi) is 5.47. The number of aromatic nitrogens is 3. The van der Waals surface area contributed by atoms with Crippen LogP contribution < -0.4 is 10.6 Å². The van der Waals surface area contributed by atoms with Crippen molar-refractivity contribution in [3.8, 4) is 11.4 Å². The molecular weight excluding hydrogens is 358 g/mol. The number of nitrogens with zero attached hydrogens (tertiary/aromatic N) is 3. The second-order valence-electron chi connectivity index (χ2n) is 6.93. The highest BCUT2D eigenvalue weighted by atomic mass is 15.1. The minimum atomic E-state index is 0.641. The van der Waals surface area contributed by atoms with Crippen LogP contribution in [0, 0.1) is 13.8 Å². The van der Waals surface area contributed by atoms with Crippen LogP contribution in [-0.4, -0.2) is 15.0 Å². The predicted octanol–water partition coefficient (Wildman–Crippen LogP) is 5.51. The van der Waals surface area contributed by atoms with Gasteiger partial charge < -0.3 is 10.6 Å². The van der Waals surface area contributed by atoms with Gasteiger partial charge in [-0.1, -0.05) is 54.6 Å². The standard InChI is InChI=1S/C24H23N5/c1-17-8-6-9-18(2)23(17)27-22-14-21(26-16-19-10-7-13-25-15-19)28-24(29-22)20-11-4-3-5-12-20/h3-15H,16H2,1-2H3,(H2,26,27,28,29). The molecule has 29 heavy (non-hydrogen) atoms. The maximum atomic E-state index is 4.76. The van der Waals surface area contributed by atoms with Crippen molar-refractivity contribution in [2.75, 3.05) is 10.6 Å². The lowest BCUT2D eigenvalue weighted by atomic mass is 10.1. The number of pyridine rings is 1. The number of anilines is 3. The molecular formula is C24H23N5. The fraction of sp³-hybridized carbons (Fsp3) is 0.125. The van der Waals surface area contributed by atoms with Crippen LogP contribution in [0.1, 0.15) is 16.7 Å². The van der Waals surface area contributed by atoms with Gasteiger partial charge in [0.25, 0.3) is 0 Å². The zero-order valence-corrected chi connectivity index (χ0v) is 16.6. The molecule has 0 aliphatic carbocycles. The van der Waals surface area contributed by atoms with Gasteiger partial charge in [0.2, 0.25) is 0 Å². The number of nitrogens with one attached hydrogen (secondary N) is 2. The molecule has 0 amide bonds.